The molecule has 4 N–H and O–H groups in total. The summed E-state index contributed by atoms with van der Waals surface area (Å²) in [5, 5.41) is 16.5. The minimum absolute atomic E-state index is 0.00671. The summed E-state index contributed by atoms with van der Waals surface area (Å²) in [6.07, 6.45) is 1.46. The fourth-order valence-electron chi connectivity index (χ4n) is 3.20. The lowest BCUT2D eigenvalue weighted by molar-refractivity contribution is -0.115. The van der Waals surface area contributed by atoms with Crippen LogP contribution >= 0.6 is 23.4 Å². The number of anilines is 1. The van der Waals surface area contributed by atoms with E-state index in [1.165, 1.54) is 13.4 Å². The van der Waals surface area contributed by atoms with E-state index in [2.05, 4.69) is 16.7 Å². The van der Waals surface area contributed by atoms with Crippen molar-refractivity contribution in [3.05, 3.63) is 69.3 Å². The number of nitrogens with zero attached hydrogens (tertiary/aromatic N) is 1. The molecule has 0 fully saturated rings. The number of halogens is 1. The zero-order valence-corrected chi connectivity index (χ0v) is 18.3. The Balaban J connectivity index is 1.83. The summed E-state index contributed by atoms with van der Waals surface area (Å²) in [4.78, 5) is 24.6. The standard InChI is InChI=1S/C21H19ClN4O4S/c1-11-18(20(24)28)19(16-4-3-7-30-16)13(9-23)21(25-11)31-10-17(27)26-14-8-12(22)5-6-15(14)29-2/h3-8,19,25H,10H2,1-2H3,(H2,24,28)(H,26,27). The molecule has 1 atom stereocenters. The van der Waals surface area contributed by atoms with Crippen LogP contribution in [0.5, 0.6) is 5.75 Å². The highest BCUT2D eigenvalue weighted by atomic mass is 35.5. The van der Waals surface area contributed by atoms with Crippen LogP contribution in [0.25, 0.3) is 0 Å². The Labute approximate surface area is 188 Å². The van der Waals surface area contributed by atoms with Crippen molar-refractivity contribution < 1.29 is 18.7 Å². The molecule has 2 aromatic rings. The Morgan fingerprint density at radius 3 is 2.81 bits per heavy atom. The van der Waals surface area contributed by atoms with Crippen molar-refractivity contribution in [1.29, 1.82) is 5.26 Å². The first-order valence-corrected chi connectivity index (χ1v) is 10.4. The molecule has 160 valence electrons. The number of primary amides is 1. The van der Waals surface area contributed by atoms with Gasteiger partial charge >= 0.3 is 0 Å². The third-order valence-corrected chi connectivity index (χ3v) is 5.78. The average Bonchev–Trinajstić information content (AvgIpc) is 3.26. The fraction of sp³-hybridized carbons (Fsp3) is 0.190. The largest absolute Gasteiger partial charge is 0.495 e. The van der Waals surface area contributed by atoms with E-state index in [4.69, 9.17) is 26.5 Å². The Bertz CT molecular complexity index is 1120. The van der Waals surface area contributed by atoms with E-state index in [9.17, 15) is 14.9 Å². The van der Waals surface area contributed by atoms with E-state index in [1.54, 1.807) is 37.3 Å². The molecule has 2 heterocycles. The van der Waals surface area contributed by atoms with Crippen molar-refractivity contribution in [1.82, 2.24) is 5.32 Å². The maximum atomic E-state index is 12.5. The number of carbonyl (C=O) groups excluding carboxylic acids is 2. The summed E-state index contributed by atoms with van der Waals surface area (Å²) < 4.78 is 10.7. The number of allylic oxidation sites excluding steroid dienone is 2. The van der Waals surface area contributed by atoms with Gasteiger partial charge in [-0.1, -0.05) is 23.4 Å². The molecule has 0 aliphatic carbocycles. The molecular weight excluding hydrogens is 440 g/mol. The molecule has 0 spiro atoms. The van der Waals surface area contributed by atoms with Gasteiger partial charge in [0.1, 0.15) is 11.5 Å². The van der Waals surface area contributed by atoms with Gasteiger partial charge in [0.2, 0.25) is 11.8 Å². The summed E-state index contributed by atoms with van der Waals surface area (Å²) in [5.74, 6) is -0.858. The topological polar surface area (TPSA) is 130 Å². The number of hydrogen-bond donors (Lipinski definition) is 3. The maximum Gasteiger partial charge on any atom is 0.247 e. The summed E-state index contributed by atoms with van der Waals surface area (Å²) in [5.41, 5.74) is 6.97. The Morgan fingerprint density at radius 1 is 1.42 bits per heavy atom. The van der Waals surface area contributed by atoms with Crippen LogP contribution in [-0.2, 0) is 9.59 Å². The van der Waals surface area contributed by atoms with E-state index in [1.807, 2.05) is 0 Å². The van der Waals surface area contributed by atoms with Gasteiger partial charge in [-0.15, -0.1) is 0 Å². The molecule has 1 aromatic carbocycles. The summed E-state index contributed by atoms with van der Waals surface area (Å²) in [7, 11) is 1.49. The Morgan fingerprint density at radius 2 is 2.19 bits per heavy atom. The number of nitrogens with one attached hydrogen (secondary N) is 2. The number of nitriles is 1. The molecule has 2 amide bonds. The lowest BCUT2D eigenvalue weighted by atomic mass is 9.86. The number of methoxy groups -OCH3 is 1. The second-order valence-corrected chi connectivity index (χ2v) is 7.93. The van der Waals surface area contributed by atoms with Crippen LogP contribution in [0, 0.1) is 11.3 Å². The van der Waals surface area contributed by atoms with Crippen LogP contribution < -0.4 is 21.1 Å². The normalized spacial score (nSPS) is 15.9. The zero-order valence-electron chi connectivity index (χ0n) is 16.7. The molecule has 8 nitrogen and oxygen atoms in total. The van der Waals surface area contributed by atoms with E-state index < -0.39 is 11.8 Å². The molecular formula is C21H19ClN4O4S. The van der Waals surface area contributed by atoms with Crippen LogP contribution in [-0.4, -0.2) is 24.7 Å². The minimum Gasteiger partial charge on any atom is -0.495 e. The first kappa shape index (κ1) is 22.3. The van der Waals surface area contributed by atoms with Gasteiger partial charge in [-0.05, 0) is 37.3 Å². The number of benzene rings is 1. The van der Waals surface area contributed by atoms with Gasteiger partial charge in [0.05, 0.1) is 53.0 Å². The molecule has 0 saturated carbocycles. The van der Waals surface area contributed by atoms with Crippen molar-refractivity contribution in [2.75, 3.05) is 18.2 Å². The average molecular weight is 459 g/mol. The SMILES string of the molecule is COc1ccc(Cl)cc1NC(=O)CSC1=C(C#N)C(c2ccco2)C(C(N)=O)=C(C)N1. The molecule has 1 aliphatic heterocycles. The third-order valence-electron chi connectivity index (χ3n) is 4.52. The second-order valence-electron chi connectivity index (χ2n) is 6.51. The van der Waals surface area contributed by atoms with Gasteiger partial charge in [-0.3, -0.25) is 9.59 Å². The van der Waals surface area contributed by atoms with E-state index in [0.29, 0.717) is 32.9 Å². The van der Waals surface area contributed by atoms with Crippen LogP contribution in [0.2, 0.25) is 5.02 Å². The molecule has 1 unspecified atom stereocenters. The summed E-state index contributed by atoms with van der Waals surface area (Å²) in [6, 6.07) is 10.3. The molecule has 1 aromatic heterocycles. The quantitative estimate of drug-likeness (QED) is 0.578. The van der Waals surface area contributed by atoms with E-state index >= 15 is 0 Å². The zero-order chi connectivity index (χ0) is 22.5. The monoisotopic (exact) mass is 458 g/mol. The lowest BCUT2D eigenvalue weighted by Gasteiger charge is -2.27. The highest BCUT2D eigenvalue weighted by molar-refractivity contribution is 8.03. The fourth-order valence-corrected chi connectivity index (χ4v) is 4.26. The van der Waals surface area contributed by atoms with Crippen molar-refractivity contribution >= 4 is 40.9 Å². The lowest BCUT2D eigenvalue weighted by Crippen LogP contribution is -2.31. The van der Waals surface area contributed by atoms with Crippen LogP contribution in [0.3, 0.4) is 0 Å². The van der Waals surface area contributed by atoms with Crippen molar-refractivity contribution in [3.63, 3.8) is 0 Å². The number of furan rings is 1. The Hall–Kier alpha value is -3.35. The van der Waals surface area contributed by atoms with Gasteiger partial charge < -0.3 is 25.5 Å². The summed E-state index contributed by atoms with van der Waals surface area (Å²) in [6.45, 7) is 1.68. The van der Waals surface area contributed by atoms with E-state index in [-0.39, 0.29) is 22.8 Å². The van der Waals surface area contributed by atoms with Crippen LogP contribution in [0.15, 0.2) is 62.9 Å². The minimum atomic E-state index is -0.752. The van der Waals surface area contributed by atoms with Crippen molar-refractivity contribution in [3.8, 4) is 11.8 Å². The van der Waals surface area contributed by atoms with Gasteiger partial charge in [-0.25, -0.2) is 0 Å². The predicted octanol–water partition coefficient (Wildman–Crippen LogP) is 3.49. The molecule has 0 radical (unpaired) electrons. The smallest absolute Gasteiger partial charge is 0.247 e. The van der Waals surface area contributed by atoms with Crippen LogP contribution in [0.4, 0.5) is 5.69 Å². The van der Waals surface area contributed by atoms with Gasteiger partial charge in [0, 0.05) is 10.7 Å². The van der Waals surface area contributed by atoms with Crippen molar-refractivity contribution in [2.45, 2.75) is 12.8 Å². The van der Waals surface area contributed by atoms with Crippen LogP contribution in [0.1, 0.15) is 18.6 Å². The maximum absolute atomic E-state index is 12.5. The number of hydrogen-bond acceptors (Lipinski definition) is 7. The van der Waals surface area contributed by atoms with E-state index in [0.717, 1.165) is 11.8 Å². The number of dihydropyridines is 1. The molecule has 0 saturated heterocycles. The summed E-state index contributed by atoms with van der Waals surface area (Å²) >= 11 is 7.12. The number of nitrogens with two attached hydrogens (primary N) is 1. The molecule has 1 aliphatic rings. The predicted molar refractivity (Wildman–Crippen MR) is 118 cm³/mol. The molecule has 10 heteroatoms. The van der Waals surface area contributed by atoms with Crippen molar-refractivity contribution in [2.24, 2.45) is 5.73 Å². The molecule has 0 bridgehead atoms. The Kier molecular flexibility index (Phi) is 6.95. The number of ether oxygens (including phenoxy) is 1. The third kappa shape index (κ3) is 4.87. The number of amides is 2. The number of rotatable bonds is 7. The molecule has 3 rings (SSSR count). The van der Waals surface area contributed by atoms with Gasteiger partial charge in [-0.2, -0.15) is 5.26 Å². The van der Waals surface area contributed by atoms with Gasteiger partial charge in [0.25, 0.3) is 0 Å². The number of carbonyl (C=O) groups is 2. The molecule has 31 heavy (non-hydrogen) atoms. The highest BCUT2D eigenvalue weighted by Crippen LogP contribution is 2.40. The highest BCUT2D eigenvalue weighted by Gasteiger charge is 2.35. The van der Waals surface area contributed by atoms with Gasteiger partial charge in [0.15, 0.2) is 0 Å². The second kappa shape index (κ2) is 9.64. The number of thioether (sulfide) groups is 1. The first-order valence-electron chi connectivity index (χ1n) is 9.07. The first-order chi connectivity index (χ1) is 14.8.